The fourth-order valence-electron chi connectivity index (χ4n) is 2.85. The largest absolute Gasteiger partial charge is 0.389 e. The van der Waals surface area contributed by atoms with Crippen LogP contribution >= 0.6 is 11.3 Å². The fourth-order valence-corrected chi connectivity index (χ4v) is 3.78. The lowest BCUT2D eigenvalue weighted by molar-refractivity contribution is -0.00980. The van der Waals surface area contributed by atoms with E-state index in [2.05, 4.69) is 36.0 Å². The number of hydrogen-bond acceptors (Lipinski definition) is 4. The maximum Gasteiger partial charge on any atom is 0.0971 e. The van der Waals surface area contributed by atoms with Gasteiger partial charge in [0.25, 0.3) is 0 Å². The van der Waals surface area contributed by atoms with E-state index in [-0.39, 0.29) is 0 Å². The highest BCUT2D eigenvalue weighted by Gasteiger charge is 2.30. The molecule has 0 radical (unpaired) electrons. The molecule has 1 unspecified atom stereocenters. The van der Waals surface area contributed by atoms with Gasteiger partial charge in [-0.25, -0.2) is 4.98 Å². The molecular formula is C15H26N2OS. The van der Waals surface area contributed by atoms with E-state index in [1.165, 1.54) is 17.8 Å². The van der Waals surface area contributed by atoms with Crippen molar-refractivity contribution in [1.29, 1.82) is 0 Å². The molecule has 1 atom stereocenters. The summed E-state index contributed by atoms with van der Waals surface area (Å²) in [5.41, 5.74) is 0.622. The van der Waals surface area contributed by atoms with Crippen LogP contribution in [-0.2, 0) is 0 Å². The van der Waals surface area contributed by atoms with Gasteiger partial charge in [-0.3, -0.25) is 4.90 Å². The number of aromatic nitrogens is 1. The van der Waals surface area contributed by atoms with Gasteiger partial charge in [-0.1, -0.05) is 13.8 Å². The number of likely N-dealkylation sites (tertiary alicyclic amines) is 1. The molecule has 2 heterocycles. The van der Waals surface area contributed by atoms with Crippen LogP contribution in [0.4, 0.5) is 0 Å². The molecule has 1 aliphatic rings. The van der Waals surface area contributed by atoms with Gasteiger partial charge in [0.1, 0.15) is 0 Å². The SMILES string of the molecule is CCC(O)(CC)CN1CCCC(c2nc(C)cs2)C1. The summed E-state index contributed by atoms with van der Waals surface area (Å²) in [5, 5.41) is 13.9. The Morgan fingerprint density at radius 3 is 2.79 bits per heavy atom. The average Bonchev–Trinajstić information content (AvgIpc) is 2.86. The number of aliphatic hydroxyl groups is 1. The molecule has 0 aromatic carbocycles. The van der Waals surface area contributed by atoms with E-state index in [4.69, 9.17) is 0 Å². The predicted octanol–water partition coefficient (Wildman–Crippen LogP) is 3.18. The second-order valence-electron chi connectivity index (χ2n) is 5.83. The third kappa shape index (κ3) is 3.77. The lowest BCUT2D eigenvalue weighted by atomic mass is 9.93. The van der Waals surface area contributed by atoms with Crippen LogP contribution in [0.5, 0.6) is 0 Å². The standard InChI is InChI=1S/C15H26N2OS/c1-4-15(18,5-2)11-17-8-6-7-13(9-17)14-16-12(3)10-19-14/h10,13,18H,4-9,11H2,1-3H3. The average molecular weight is 282 g/mol. The number of hydrogen-bond donors (Lipinski definition) is 1. The molecule has 1 aliphatic heterocycles. The van der Waals surface area contributed by atoms with Crippen LogP contribution in [-0.4, -0.2) is 40.2 Å². The van der Waals surface area contributed by atoms with Crippen LogP contribution in [0.25, 0.3) is 0 Å². The summed E-state index contributed by atoms with van der Waals surface area (Å²) in [6.45, 7) is 9.19. The zero-order valence-corrected chi connectivity index (χ0v) is 13.2. The van der Waals surface area contributed by atoms with Crippen molar-refractivity contribution in [3.63, 3.8) is 0 Å². The maximum atomic E-state index is 10.5. The molecular weight excluding hydrogens is 256 g/mol. The van der Waals surface area contributed by atoms with Crippen LogP contribution < -0.4 is 0 Å². The monoisotopic (exact) mass is 282 g/mol. The molecule has 3 nitrogen and oxygen atoms in total. The Morgan fingerprint density at radius 2 is 2.21 bits per heavy atom. The molecule has 1 N–H and O–H groups in total. The Balaban J connectivity index is 1.97. The Morgan fingerprint density at radius 1 is 1.47 bits per heavy atom. The molecule has 1 aromatic rings. The third-order valence-corrected chi connectivity index (χ3v) is 5.45. The number of thiazole rings is 1. The summed E-state index contributed by atoms with van der Waals surface area (Å²) < 4.78 is 0. The van der Waals surface area contributed by atoms with Gasteiger partial charge < -0.3 is 5.11 Å². The minimum absolute atomic E-state index is 0.513. The van der Waals surface area contributed by atoms with Crippen molar-refractivity contribution in [2.24, 2.45) is 0 Å². The fraction of sp³-hybridized carbons (Fsp3) is 0.800. The first-order valence-electron chi connectivity index (χ1n) is 7.43. The molecule has 0 spiro atoms. The third-order valence-electron chi connectivity index (χ3n) is 4.33. The zero-order chi connectivity index (χ0) is 13.9. The van der Waals surface area contributed by atoms with E-state index in [1.54, 1.807) is 11.3 Å². The molecule has 1 aromatic heterocycles. The first kappa shape index (κ1) is 14.9. The summed E-state index contributed by atoms with van der Waals surface area (Å²) in [4.78, 5) is 7.06. The number of piperidine rings is 1. The van der Waals surface area contributed by atoms with Crippen molar-refractivity contribution in [1.82, 2.24) is 9.88 Å². The zero-order valence-electron chi connectivity index (χ0n) is 12.4. The minimum atomic E-state index is -0.513. The lowest BCUT2D eigenvalue weighted by Gasteiger charge is -2.37. The van der Waals surface area contributed by atoms with Crippen LogP contribution in [0.1, 0.15) is 56.2 Å². The molecule has 108 valence electrons. The Bertz CT molecular complexity index is 401. The summed E-state index contributed by atoms with van der Waals surface area (Å²) in [6.07, 6.45) is 4.12. The van der Waals surface area contributed by atoms with Crippen LogP contribution in [0, 0.1) is 6.92 Å². The number of rotatable bonds is 5. The highest BCUT2D eigenvalue weighted by Crippen LogP contribution is 2.30. The lowest BCUT2D eigenvalue weighted by Crippen LogP contribution is -2.45. The normalized spacial score (nSPS) is 21.8. The predicted molar refractivity (Wildman–Crippen MR) is 80.8 cm³/mol. The van der Waals surface area contributed by atoms with Crippen molar-refractivity contribution in [3.8, 4) is 0 Å². The van der Waals surface area contributed by atoms with Gasteiger partial charge in [-0.05, 0) is 39.2 Å². The van der Waals surface area contributed by atoms with E-state index >= 15 is 0 Å². The number of nitrogens with zero attached hydrogens (tertiary/aromatic N) is 2. The summed E-state index contributed by atoms with van der Waals surface area (Å²) in [5.74, 6) is 0.561. The van der Waals surface area contributed by atoms with E-state index in [0.717, 1.165) is 38.2 Å². The molecule has 19 heavy (non-hydrogen) atoms. The second-order valence-corrected chi connectivity index (χ2v) is 6.72. The van der Waals surface area contributed by atoms with E-state index in [1.807, 2.05) is 0 Å². The number of aryl methyl sites for hydroxylation is 1. The molecule has 0 aliphatic carbocycles. The van der Waals surface area contributed by atoms with Crippen LogP contribution in [0.2, 0.25) is 0 Å². The van der Waals surface area contributed by atoms with E-state index < -0.39 is 5.60 Å². The second kappa shape index (κ2) is 6.33. The molecule has 1 saturated heterocycles. The van der Waals surface area contributed by atoms with Gasteiger partial charge in [0.05, 0.1) is 10.6 Å². The van der Waals surface area contributed by atoms with E-state index in [9.17, 15) is 5.11 Å². The Hall–Kier alpha value is -0.450. The molecule has 1 fully saturated rings. The highest BCUT2D eigenvalue weighted by molar-refractivity contribution is 7.09. The molecule has 2 rings (SSSR count). The Labute approximate surface area is 120 Å². The van der Waals surface area contributed by atoms with Gasteiger partial charge in [0.2, 0.25) is 0 Å². The maximum absolute atomic E-state index is 10.5. The van der Waals surface area contributed by atoms with Crippen molar-refractivity contribution in [2.75, 3.05) is 19.6 Å². The summed E-state index contributed by atoms with van der Waals surface area (Å²) in [7, 11) is 0. The van der Waals surface area contributed by atoms with Gasteiger partial charge in [0.15, 0.2) is 0 Å². The van der Waals surface area contributed by atoms with Crippen molar-refractivity contribution in [2.45, 2.75) is 58.0 Å². The van der Waals surface area contributed by atoms with Gasteiger partial charge >= 0.3 is 0 Å². The van der Waals surface area contributed by atoms with Gasteiger partial charge in [-0.2, -0.15) is 0 Å². The van der Waals surface area contributed by atoms with Gasteiger partial charge in [-0.15, -0.1) is 11.3 Å². The minimum Gasteiger partial charge on any atom is -0.389 e. The Kier molecular flexibility index (Phi) is 4.98. The van der Waals surface area contributed by atoms with Crippen LogP contribution in [0.15, 0.2) is 5.38 Å². The molecule has 0 bridgehead atoms. The molecule has 4 heteroatoms. The molecule has 0 saturated carbocycles. The van der Waals surface area contributed by atoms with Gasteiger partial charge in [0, 0.05) is 30.1 Å². The highest BCUT2D eigenvalue weighted by atomic mass is 32.1. The van der Waals surface area contributed by atoms with Crippen molar-refractivity contribution >= 4 is 11.3 Å². The smallest absolute Gasteiger partial charge is 0.0971 e. The number of β-amino-alcohol motifs (C(OH)–C–C–N with tert-alkyl or cyclic N) is 1. The van der Waals surface area contributed by atoms with Crippen LogP contribution in [0.3, 0.4) is 0 Å². The molecule has 0 amide bonds. The first-order valence-corrected chi connectivity index (χ1v) is 8.31. The summed E-state index contributed by atoms with van der Waals surface area (Å²) in [6, 6.07) is 0. The van der Waals surface area contributed by atoms with Crippen molar-refractivity contribution < 1.29 is 5.11 Å². The first-order chi connectivity index (χ1) is 9.06. The van der Waals surface area contributed by atoms with E-state index in [0.29, 0.717) is 5.92 Å². The van der Waals surface area contributed by atoms with Crippen molar-refractivity contribution in [3.05, 3.63) is 16.1 Å². The quantitative estimate of drug-likeness (QED) is 0.901. The topological polar surface area (TPSA) is 36.4 Å². The summed E-state index contributed by atoms with van der Waals surface area (Å²) >= 11 is 1.79.